The molecule has 1 aromatic heterocycles. The van der Waals surface area contributed by atoms with Gasteiger partial charge in [0.05, 0.1) is 11.3 Å². The number of aliphatic imine (C=N–C) groups is 1. The molecule has 1 aliphatic rings. The summed E-state index contributed by atoms with van der Waals surface area (Å²) in [6.45, 7) is 10.3. The molecule has 29 heavy (non-hydrogen) atoms. The van der Waals surface area contributed by atoms with Gasteiger partial charge < -0.3 is 16.0 Å². The summed E-state index contributed by atoms with van der Waals surface area (Å²) in [4.78, 5) is 21.1. The monoisotopic (exact) mass is 387 g/mol. The lowest BCUT2D eigenvalue weighted by Gasteiger charge is -2.17. The molecule has 2 heterocycles. The zero-order valence-electron chi connectivity index (χ0n) is 16.7. The van der Waals surface area contributed by atoms with Crippen LogP contribution in [0.4, 0.5) is 11.5 Å². The van der Waals surface area contributed by atoms with Gasteiger partial charge in [0.1, 0.15) is 11.6 Å². The fraction of sp³-hybridized carbons (Fsp3) is 0.174. The highest BCUT2D eigenvalue weighted by Crippen LogP contribution is 2.35. The molecule has 1 amide bonds. The Hall–Kier alpha value is -3.67. The number of carbonyl (C=O) groups excluding carboxylic acids is 1. The van der Waals surface area contributed by atoms with Gasteiger partial charge in [0.25, 0.3) is 5.91 Å². The number of allylic oxidation sites excluding steroid dienone is 3. The summed E-state index contributed by atoms with van der Waals surface area (Å²) in [6.07, 6.45) is 7.25. The van der Waals surface area contributed by atoms with Gasteiger partial charge in [0.15, 0.2) is 0 Å². The quantitative estimate of drug-likeness (QED) is 0.472. The minimum atomic E-state index is -0.0943. The zero-order valence-corrected chi connectivity index (χ0v) is 16.7. The Kier molecular flexibility index (Phi) is 6.24. The third kappa shape index (κ3) is 4.43. The first-order valence-electron chi connectivity index (χ1n) is 9.41. The third-order valence-corrected chi connectivity index (χ3v) is 4.82. The average molecular weight is 387 g/mol. The molecule has 2 aromatic rings. The van der Waals surface area contributed by atoms with Gasteiger partial charge in [0, 0.05) is 26.0 Å². The fourth-order valence-electron chi connectivity index (χ4n) is 3.18. The molecule has 0 radical (unpaired) electrons. The molecule has 0 saturated heterocycles. The summed E-state index contributed by atoms with van der Waals surface area (Å²) in [7, 11) is 1.77. The highest BCUT2D eigenvalue weighted by molar-refractivity contribution is 6.06. The number of hydrogen-bond donors (Lipinski definition) is 3. The van der Waals surface area contributed by atoms with Crippen LogP contribution < -0.4 is 16.0 Å². The second kappa shape index (κ2) is 9.01. The van der Waals surface area contributed by atoms with E-state index >= 15 is 0 Å². The van der Waals surface area contributed by atoms with Crippen molar-refractivity contribution >= 4 is 29.2 Å². The zero-order chi connectivity index (χ0) is 20.8. The Bertz CT molecular complexity index is 992. The smallest absolute Gasteiger partial charge is 0.254 e. The standard InChI is InChI=1S/C23H25N5O/c1-5-15(2)17(11-13-25-16(3)24-4)18-9-10-20(22-19(18)14-27-23(22)29)28-21-8-6-7-12-26-21/h5-13,15,24H,1,3,14H2,2,4H3,(H,26,28)(H,27,29)/b17-11+,25-13?. The number of anilines is 2. The van der Waals surface area contributed by atoms with Gasteiger partial charge in [-0.1, -0.05) is 31.7 Å². The van der Waals surface area contributed by atoms with E-state index in [2.05, 4.69) is 46.0 Å². The Morgan fingerprint density at radius 1 is 1.34 bits per heavy atom. The fourth-order valence-corrected chi connectivity index (χ4v) is 3.18. The predicted octanol–water partition coefficient (Wildman–Crippen LogP) is 4.04. The van der Waals surface area contributed by atoms with Crippen LogP contribution in [0.2, 0.25) is 0 Å². The Morgan fingerprint density at radius 3 is 2.86 bits per heavy atom. The molecule has 6 heteroatoms. The average Bonchev–Trinajstić information content (AvgIpc) is 3.14. The lowest BCUT2D eigenvalue weighted by Crippen LogP contribution is -2.13. The molecule has 3 rings (SSSR count). The molecular weight excluding hydrogens is 362 g/mol. The van der Waals surface area contributed by atoms with Crippen LogP contribution in [0.25, 0.3) is 5.57 Å². The second-order valence-corrected chi connectivity index (χ2v) is 6.66. The third-order valence-electron chi connectivity index (χ3n) is 4.82. The lowest BCUT2D eigenvalue weighted by atomic mass is 9.88. The van der Waals surface area contributed by atoms with Crippen LogP contribution in [0.15, 0.2) is 72.7 Å². The number of aromatic nitrogens is 1. The number of carbonyl (C=O) groups is 1. The number of fused-ring (bicyclic) bond motifs is 1. The van der Waals surface area contributed by atoms with E-state index in [4.69, 9.17) is 0 Å². The largest absolute Gasteiger partial charge is 0.374 e. The molecule has 1 atom stereocenters. The van der Waals surface area contributed by atoms with Crippen molar-refractivity contribution in [3.63, 3.8) is 0 Å². The number of hydrogen-bond acceptors (Lipinski definition) is 5. The van der Waals surface area contributed by atoms with Crippen molar-refractivity contribution in [3.05, 3.63) is 84.3 Å². The van der Waals surface area contributed by atoms with E-state index in [1.54, 1.807) is 19.5 Å². The molecule has 0 aliphatic carbocycles. The first-order valence-corrected chi connectivity index (χ1v) is 9.41. The van der Waals surface area contributed by atoms with E-state index in [1.165, 1.54) is 0 Å². The molecule has 6 nitrogen and oxygen atoms in total. The molecule has 0 bridgehead atoms. The van der Waals surface area contributed by atoms with E-state index in [-0.39, 0.29) is 11.8 Å². The maximum atomic E-state index is 12.6. The maximum absolute atomic E-state index is 12.6. The minimum Gasteiger partial charge on any atom is -0.374 e. The van der Waals surface area contributed by atoms with E-state index in [0.717, 1.165) is 22.4 Å². The number of nitrogens with one attached hydrogen (secondary N) is 3. The van der Waals surface area contributed by atoms with Crippen molar-refractivity contribution in [1.82, 2.24) is 15.6 Å². The van der Waals surface area contributed by atoms with Crippen molar-refractivity contribution in [2.24, 2.45) is 10.9 Å². The van der Waals surface area contributed by atoms with Gasteiger partial charge in [-0.2, -0.15) is 0 Å². The van der Waals surface area contributed by atoms with Gasteiger partial charge in [-0.05, 0) is 46.9 Å². The lowest BCUT2D eigenvalue weighted by molar-refractivity contribution is 0.0966. The number of pyridine rings is 1. The summed E-state index contributed by atoms with van der Waals surface area (Å²) in [6, 6.07) is 9.56. The van der Waals surface area contributed by atoms with Crippen molar-refractivity contribution in [3.8, 4) is 0 Å². The van der Waals surface area contributed by atoms with Gasteiger partial charge in [0.2, 0.25) is 0 Å². The summed E-state index contributed by atoms with van der Waals surface area (Å²) in [5.41, 5.74) is 4.37. The van der Waals surface area contributed by atoms with Crippen molar-refractivity contribution in [1.29, 1.82) is 0 Å². The predicted molar refractivity (Wildman–Crippen MR) is 119 cm³/mol. The SMILES string of the molecule is C=CC(C)/C(=C\C=NC(=C)NC)c1ccc(Nc2ccccn2)c2c1CNC2=O. The van der Waals surface area contributed by atoms with Gasteiger partial charge in [-0.15, -0.1) is 6.58 Å². The number of rotatable bonds is 8. The molecule has 3 N–H and O–H groups in total. The molecular formula is C23H25N5O. The first-order chi connectivity index (χ1) is 14.0. The summed E-state index contributed by atoms with van der Waals surface area (Å²) in [5, 5.41) is 9.08. The number of benzene rings is 1. The Morgan fingerprint density at radius 2 is 2.17 bits per heavy atom. The van der Waals surface area contributed by atoms with Crippen LogP contribution >= 0.6 is 0 Å². The van der Waals surface area contributed by atoms with E-state index in [1.807, 2.05) is 42.5 Å². The number of amides is 1. The highest BCUT2D eigenvalue weighted by Gasteiger charge is 2.27. The van der Waals surface area contributed by atoms with E-state index in [0.29, 0.717) is 23.7 Å². The Balaban J connectivity index is 2.05. The molecule has 0 saturated carbocycles. The molecule has 148 valence electrons. The first kappa shape index (κ1) is 20.1. The van der Waals surface area contributed by atoms with Crippen LogP contribution in [0.5, 0.6) is 0 Å². The number of nitrogens with zero attached hydrogens (tertiary/aromatic N) is 2. The second-order valence-electron chi connectivity index (χ2n) is 6.66. The topological polar surface area (TPSA) is 78.4 Å². The highest BCUT2D eigenvalue weighted by atomic mass is 16.1. The Labute approximate surface area is 171 Å². The van der Waals surface area contributed by atoms with Crippen molar-refractivity contribution in [2.45, 2.75) is 13.5 Å². The van der Waals surface area contributed by atoms with Crippen molar-refractivity contribution in [2.75, 3.05) is 12.4 Å². The molecule has 1 aromatic carbocycles. The summed E-state index contributed by atoms with van der Waals surface area (Å²) < 4.78 is 0. The minimum absolute atomic E-state index is 0.0821. The van der Waals surface area contributed by atoms with Crippen LogP contribution in [0.3, 0.4) is 0 Å². The van der Waals surface area contributed by atoms with Crippen molar-refractivity contribution < 1.29 is 4.79 Å². The normalized spacial score (nSPS) is 14.3. The van der Waals surface area contributed by atoms with E-state index in [9.17, 15) is 4.79 Å². The van der Waals surface area contributed by atoms with Gasteiger partial charge >= 0.3 is 0 Å². The summed E-state index contributed by atoms with van der Waals surface area (Å²) in [5.74, 6) is 1.25. The van der Waals surface area contributed by atoms with Crippen LogP contribution in [0, 0.1) is 5.92 Å². The molecule has 0 fully saturated rings. The maximum Gasteiger partial charge on any atom is 0.254 e. The van der Waals surface area contributed by atoms with Gasteiger partial charge in [-0.25, -0.2) is 9.98 Å². The van der Waals surface area contributed by atoms with Crippen LogP contribution in [-0.2, 0) is 6.54 Å². The molecule has 1 aliphatic heterocycles. The molecule has 1 unspecified atom stereocenters. The molecule has 0 spiro atoms. The van der Waals surface area contributed by atoms with Gasteiger partial charge in [-0.3, -0.25) is 4.79 Å². The van der Waals surface area contributed by atoms with E-state index < -0.39 is 0 Å². The van der Waals surface area contributed by atoms with Crippen LogP contribution in [0.1, 0.15) is 28.4 Å². The van der Waals surface area contributed by atoms with Crippen LogP contribution in [-0.4, -0.2) is 24.2 Å². The summed E-state index contributed by atoms with van der Waals surface area (Å²) >= 11 is 0.